The molecule has 1 aromatic carbocycles. The number of halogens is 2. The van der Waals surface area contributed by atoms with Gasteiger partial charge in [0.25, 0.3) is 0 Å². The third kappa shape index (κ3) is 4.98. The highest BCUT2D eigenvalue weighted by molar-refractivity contribution is 5.98. The van der Waals surface area contributed by atoms with E-state index in [2.05, 4.69) is 24.3 Å². The van der Waals surface area contributed by atoms with Crippen LogP contribution in [0.1, 0.15) is 57.9 Å². The Balaban J connectivity index is 2.31. The monoisotopic (exact) mass is 297 g/mol. The summed E-state index contributed by atoms with van der Waals surface area (Å²) in [5.41, 5.74) is 0.512. The van der Waals surface area contributed by atoms with Gasteiger partial charge in [0.15, 0.2) is 0 Å². The molecule has 0 amide bonds. The van der Waals surface area contributed by atoms with E-state index in [1.807, 2.05) is 0 Å². The van der Waals surface area contributed by atoms with Crippen LogP contribution in [0, 0.1) is 11.6 Å². The lowest BCUT2D eigenvalue weighted by molar-refractivity contribution is 0.0583. The molecular weight excluding hydrogens is 274 g/mol. The molecule has 0 unspecified atom stereocenters. The molecule has 0 saturated carbocycles. The second-order valence-corrected chi connectivity index (χ2v) is 5.49. The highest BCUT2D eigenvalue weighted by atomic mass is 28.2. The zero-order valence-corrected chi connectivity index (χ0v) is 13.3. The molecule has 0 spiro atoms. The van der Waals surface area contributed by atoms with Crippen LogP contribution in [0.15, 0.2) is 18.2 Å². The van der Waals surface area contributed by atoms with Crippen molar-refractivity contribution in [3.63, 3.8) is 0 Å². The molecule has 111 valence electrons. The Hall–Kier alpha value is -0.743. The summed E-state index contributed by atoms with van der Waals surface area (Å²) in [5, 5.41) is 0. The van der Waals surface area contributed by atoms with Gasteiger partial charge in [-0.1, -0.05) is 32.8 Å². The van der Waals surface area contributed by atoms with Crippen molar-refractivity contribution in [2.75, 3.05) is 0 Å². The topological polar surface area (TPSA) is 9.23 Å². The van der Waals surface area contributed by atoms with Crippen LogP contribution in [0.4, 0.5) is 8.78 Å². The van der Waals surface area contributed by atoms with Gasteiger partial charge in [-0.3, -0.25) is 0 Å². The average Bonchev–Trinajstić information content (AvgIpc) is 2.45. The Kier molecular flexibility index (Phi) is 7.38. The van der Waals surface area contributed by atoms with Gasteiger partial charge in [0, 0.05) is 6.07 Å². The van der Waals surface area contributed by atoms with Gasteiger partial charge >= 0.3 is 0 Å². The van der Waals surface area contributed by atoms with E-state index in [0.29, 0.717) is 12.0 Å². The number of hydrogen-bond donors (Lipinski definition) is 0. The van der Waals surface area contributed by atoms with Crippen molar-refractivity contribution >= 4 is 10.5 Å². The highest BCUT2D eigenvalue weighted by Crippen LogP contribution is 2.26. The minimum Gasteiger partial charge on any atom is -0.413 e. The zero-order chi connectivity index (χ0) is 15.0. The van der Waals surface area contributed by atoms with E-state index in [1.54, 1.807) is 0 Å². The predicted molar refractivity (Wildman–Crippen MR) is 78.7 cm³/mol. The lowest BCUT2D eigenvalue weighted by Gasteiger charge is -2.30. The maximum atomic E-state index is 13.4. The molecule has 0 N–H and O–H groups in total. The number of hydrogen-bond acceptors (Lipinski definition) is 1. The third-order valence-electron chi connectivity index (χ3n) is 4.10. The molecule has 0 atom stereocenters. The zero-order valence-electron chi connectivity index (χ0n) is 12.3. The molecule has 1 rings (SSSR count). The molecule has 20 heavy (non-hydrogen) atoms. The Morgan fingerprint density at radius 2 is 1.80 bits per heavy atom. The lowest BCUT2D eigenvalue weighted by atomic mass is 9.90. The Bertz CT molecular complexity index is 397. The molecule has 0 heterocycles. The first-order valence-electron chi connectivity index (χ1n) is 7.35. The molecule has 0 aliphatic heterocycles. The Morgan fingerprint density at radius 3 is 2.35 bits per heavy atom. The van der Waals surface area contributed by atoms with Gasteiger partial charge in [-0.15, -0.1) is 0 Å². The van der Waals surface area contributed by atoms with Crippen LogP contribution >= 0.6 is 0 Å². The summed E-state index contributed by atoms with van der Waals surface area (Å²) in [7, 11) is 3.18. The van der Waals surface area contributed by atoms with Crippen LogP contribution in [0.25, 0.3) is 0 Å². The standard InChI is InChI=1S/C16H23F2OSi/c1-3-16(4-2,19-20)11-7-5-6-8-13-9-10-14(17)12-15(13)18/h9-10,12H,3-8,11H2,1-2H3. The minimum atomic E-state index is -0.517. The SMILES string of the molecule is CCC(CC)(CCCCCc1ccc(F)cc1F)O[Si]. The van der Waals surface area contributed by atoms with Crippen molar-refractivity contribution in [2.45, 2.75) is 64.4 Å². The van der Waals surface area contributed by atoms with Gasteiger partial charge in [0.1, 0.15) is 11.6 Å². The molecule has 4 heteroatoms. The molecule has 1 nitrogen and oxygen atoms in total. The first-order valence-corrected chi connectivity index (χ1v) is 7.76. The van der Waals surface area contributed by atoms with Gasteiger partial charge in [-0.05, 0) is 43.7 Å². The Labute approximate surface area is 124 Å². The fraction of sp³-hybridized carbons (Fsp3) is 0.625. The Morgan fingerprint density at radius 1 is 1.10 bits per heavy atom. The van der Waals surface area contributed by atoms with Crippen molar-refractivity contribution in [3.8, 4) is 0 Å². The van der Waals surface area contributed by atoms with Crippen molar-refractivity contribution in [2.24, 2.45) is 0 Å². The molecule has 3 radical (unpaired) electrons. The van der Waals surface area contributed by atoms with Gasteiger partial charge in [0.2, 0.25) is 10.5 Å². The van der Waals surface area contributed by atoms with Gasteiger partial charge in [-0.2, -0.15) is 0 Å². The van der Waals surface area contributed by atoms with Gasteiger partial charge < -0.3 is 4.43 Å². The molecule has 0 aliphatic carbocycles. The average molecular weight is 297 g/mol. The third-order valence-corrected chi connectivity index (χ3v) is 4.53. The maximum Gasteiger partial charge on any atom is 0.247 e. The van der Waals surface area contributed by atoms with E-state index in [0.717, 1.165) is 44.6 Å². The second kappa shape index (κ2) is 8.52. The maximum absolute atomic E-state index is 13.4. The summed E-state index contributed by atoms with van der Waals surface area (Å²) in [6, 6.07) is 3.80. The van der Waals surface area contributed by atoms with E-state index in [-0.39, 0.29) is 5.60 Å². The largest absolute Gasteiger partial charge is 0.413 e. The highest BCUT2D eigenvalue weighted by Gasteiger charge is 2.23. The predicted octanol–water partition coefficient (Wildman–Crippen LogP) is 4.73. The van der Waals surface area contributed by atoms with Crippen LogP contribution in [-0.2, 0) is 10.8 Å². The van der Waals surface area contributed by atoms with Gasteiger partial charge in [0.05, 0.1) is 5.60 Å². The summed E-state index contributed by atoms with van der Waals surface area (Å²) in [6.07, 6.45) is 6.58. The van der Waals surface area contributed by atoms with E-state index in [1.165, 1.54) is 12.1 Å². The van der Waals surface area contributed by atoms with Crippen molar-refractivity contribution < 1.29 is 13.2 Å². The van der Waals surface area contributed by atoms with Crippen LogP contribution < -0.4 is 0 Å². The van der Waals surface area contributed by atoms with Gasteiger partial charge in [-0.25, -0.2) is 8.78 Å². The lowest BCUT2D eigenvalue weighted by Crippen LogP contribution is -2.30. The number of benzene rings is 1. The van der Waals surface area contributed by atoms with Crippen LogP contribution in [-0.4, -0.2) is 16.1 Å². The molecule has 0 fully saturated rings. The van der Waals surface area contributed by atoms with E-state index >= 15 is 0 Å². The fourth-order valence-electron chi connectivity index (χ4n) is 2.46. The van der Waals surface area contributed by atoms with Crippen molar-refractivity contribution in [1.29, 1.82) is 0 Å². The van der Waals surface area contributed by atoms with Crippen molar-refractivity contribution in [1.82, 2.24) is 0 Å². The summed E-state index contributed by atoms with van der Waals surface area (Å²) >= 11 is 0. The van der Waals surface area contributed by atoms with Crippen LogP contribution in [0.5, 0.6) is 0 Å². The van der Waals surface area contributed by atoms with E-state index in [4.69, 9.17) is 4.43 Å². The molecule has 0 aromatic heterocycles. The van der Waals surface area contributed by atoms with Crippen LogP contribution in [0.2, 0.25) is 0 Å². The first-order chi connectivity index (χ1) is 9.56. The van der Waals surface area contributed by atoms with E-state index in [9.17, 15) is 8.78 Å². The first kappa shape index (κ1) is 17.3. The van der Waals surface area contributed by atoms with Crippen molar-refractivity contribution in [3.05, 3.63) is 35.4 Å². The normalized spacial score (nSPS) is 11.8. The summed E-state index contributed by atoms with van der Waals surface area (Å²) in [6.45, 7) is 4.25. The fourth-order valence-corrected chi connectivity index (χ4v) is 2.85. The molecule has 0 saturated heterocycles. The summed E-state index contributed by atoms with van der Waals surface area (Å²) < 4.78 is 31.7. The minimum absolute atomic E-state index is 0.0853. The number of rotatable bonds is 9. The number of unbranched alkanes of at least 4 members (excludes halogenated alkanes) is 2. The second-order valence-electron chi connectivity index (χ2n) is 5.29. The number of aryl methyl sites for hydroxylation is 1. The quantitative estimate of drug-likeness (QED) is 0.473. The molecule has 0 bridgehead atoms. The molecule has 0 aliphatic rings. The smallest absolute Gasteiger partial charge is 0.247 e. The van der Waals surface area contributed by atoms with Crippen LogP contribution in [0.3, 0.4) is 0 Å². The van der Waals surface area contributed by atoms with E-state index < -0.39 is 11.6 Å². The summed E-state index contributed by atoms with van der Waals surface area (Å²) in [4.78, 5) is 0. The summed E-state index contributed by atoms with van der Waals surface area (Å²) in [5.74, 6) is -0.957. The molecular formula is C16H23F2OSi. The molecule has 1 aromatic rings.